The molecule has 2 aromatic rings. The average Bonchev–Trinajstić information content (AvgIpc) is 2.26. The SMILES string of the molecule is CC(C)(C)CC(=O)Nc1nccc2cc(Br)ccc12. The summed E-state index contributed by atoms with van der Waals surface area (Å²) >= 11 is 3.44. The van der Waals surface area contributed by atoms with Crippen molar-refractivity contribution in [3.63, 3.8) is 0 Å². The molecule has 0 spiro atoms. The van der Waals surface area contributed by atoms with E-state index in [4.69, 9.17) is 0 Å². The van der Waals surface area contributed by atoms with Gasteiger partial charge in [0.2, 0.25) is 5.91 Å². The molecule has 1 heterocycles. The molecule has 100 valence electrons. The molecular formula is C15H17BrN2O. The normalized spacial score (nSPS) is 11.6. The van der Waals surface area contributed by atoms with E-state index in [-0.39, 0.29) is 11.3 Å². The maximum Gasteiger partial charge on any atom is 0.226 e. The van der Waals surface area contributed by atoms with Crippen LogP contribution in [-0.4, -0.2) is 10.9 Å². The molecule has 2 rings (SSSR count). The number of carbonyl (C=O) groups is 1. The maximum absolute atomic E-state index is 12.0. The van der Waals surface area contributed by atoms with Gasteiger partial charge < -0.3 is 5.32 Å². The molecule has 1 N–H and O–H groups in total. The molecule has 0 radical (unpaired) electrons. The van der Waals surface area contributed by atoms with Gasteiger partial charge in [0.05, 0.1) is 0 Å². The van der Waals surface area contributed by atoms with Crippen LogP contribution in [0.4, 0.5) is 5.82 Å². The van der Waals surface area contributed by atoms with Crippen LogP contribution in [0.25, 0.3) is 10.8 Å². The molecule has 0 atom stereocenters. The largest absolute Gasteiger partial charge is 0.310 e. The van der Waals surface area contributed by atoms with Crippen LogP contribution in [0.3, 0.4) is 0 Å². The molecule has 0 aliphatic carbocycles. The molecular weight excluding hydrogens is 304 g/mol. The van der Waals surface area contributed by atoms with Gasteiger partial charge in [0.1, 0.15) is 5.82 Å². The maximum atomic E-state index is 12.0. The lowest BCUT2D eigenvalue weighted by atomic mass is 9.92. The highest BCUT2D eigenvalue weighted by molar-refractivity contribution is 9.10. The van der Waals surface area contributed by atoms with Crippen LogP contribution in [0.1, 0.15) is 27.2 Å². The highest BCUT2D eigenvalue weighted by atomic mass is 79.9. The van der Waals surface area contributed by atoms with Gasteiger partial charge in [-0.2, -0.15) is 0 Å². The zero-order chi connectivity index (χ0) is 14.0. The fraction of sp³-hybridized carbons (Fsp3) is 0.333. The van der Waals surface area contributed by atoms with E-state index >= 15 is 0 Å². The molecule has 3 nitrogen and oxygen atoms in total. The average molecular weight is 321 g/mol. The number of rotatable bonds is 2. The Bertz CT molecular complexity index is 617. The second-order valence-electron chi connectivity index (χ2n) is 5.81. The van der Waals surface area contributed by atoms with E-state index in [0.29, 0.717) is 12.2 Å². The lowest BCUT2D eigenvalue weighted by Gasteiger charge is -2.17. The third-order valence-electron chi connectivity index (χ3n) is 2.68. The molecule has 4 heteroatoms. The molecule has 0 aliphatic heterocycles. The summed E-state index contributed by atoms with van der Waals surface area (Å²) in [4.78, 5) is 16.2. The van der Waals surface area contributed by atoms with Crippen molar-refractivity contribution in [2.45, 2.75) is 27.2 Å². The quantitative estimate of drug-likeness (QED) is 0.892. The van der Waals surface area contributed by atoms with Gasteiger partial charge >= 0.3 is 0 Å². The number of amides is 1. The predicted molar refractivity (Wildman–Crippen MR) is 82.1 cm³/mol. The van der Waals surface area contributed by atoms with Crippen molar-refractivity contribution in [3.05, 3.63) is 34.9 Å². The summed E-state index contributed by atoms with van der Waals surface area (Å²) < 4.78 is 1.01. The number of benzene rings is 1. The standard InChI is InChI=1S/C15H17BrN2O/c1-15(2,3)9-13(19)18-14-12-5-4-11(16)8-10(12)6-7-17-14/h4-8H,9H2,1-3H3,(H,17,18,19). The summed E-state index contributed by atoms with van der Waals surface area (Å²) in [5.74, 6) is 0.620. The number of nitrogens with one attached hydrogen (secondary N) is 1. The second kappa shape index (κ2) is 5.29. The molecule has 0 unspecified atom stereocenters. The first-order valence-corrected chi connectivity index (χ1v) is 6.99. The van der Waals surface area contributed by atoms with Crippen LogP contribution >= 0.6 is 15.9 Å². The molecule has 0 fully saturated rings. The van der Waals surface area contributed by atoms with E-state index in [2.05, 4.69) is 26.2 Å². The number of pyridine rings is 1. The Morgan fingerprint density at radius 2 is 2.05 bits per heavy atom. The van der Waals surface area contributed by atoms with Gasteiger partial charge in [-0.05, 0) is 35.1 Å². The molecule has 1 aromatic heterocycles. The van der Waals surface area contributed by atoms with Crippen LogP contribution in [0.2, 0.25) is 0 Å². The number of hydrogen-bond donors (Lipinski definition) is 1. The lowest BCUT2D eigenvalue weighted by molar-refractivity contribution is -0.117. The van der Waals surface area contributed by atoms with Gasteiger partial charge in [0.15, 0.2) is 0 Å². The minimum absolute atomic E-state index is 0.00424. The third kappa shape index (κ3) is 3.77. The number of anilines is 1. The summed E-state index contributed by atoms with van der Waals surface area (Å²) in [6.45, 7) is 6.13. The summed E-state index contributed by atoms with van der Waals surface area (Å²) in [5.41, 5.74) is -0.0301. The van der Waals surface area contributed by atoms with Crippen molar-refractivity contribution in [1.82, 2.24) is 4.98 Å². The van der Waals surface area contributed by atoms with Crippen LogP contribution < -0.4 is 5.32 Å². The molecule has 0 bridgehead atoms. The Morgan fingerprint density at radius 1 is 1.32 bits per heavy atom. The topological polar surface area (TPSA) is 42.0 Å². The summed E-state index contributed by atoms with van der Waals surface area (Å²) in [7, 11) is 0. The third-order valence-corrected chi connectivity index (χ3v) is 3.17. The molecule has 1 amide bonds. The van der Waals surface area contributed by atoms with Gasteiger partial charge in [0.25, 0.3) is 0 Å². The van der Waals surface area contributed by atoms with Gasteiger partial charge in [-0.1, -0.05) is 36.7 Å². The number of hydrogen-bond acceptors (Lipinski definition) is 2. The Hall–Kier alpha value is -1.42. The van der Waals surface area contributed by atoms with E-state index in [1.54, 1.807) is 6.20 Å². The summed E-state index contributed by atoms with van der Waals surface area (Å²) in [6.07, 6.45) is 2.18. The fourth-order valence-electron chi connectivity index (χ4n) is 1.91. The number of nitrogens with zero attached hydrogens (tertiary/aromatic N) is 1. The summed E-state index contributed by atoms with van der Waals surface area (Å²) in [5, 5.41) is 4.90. The van der Waals surface area contributed by atoms with Crippen molar-refractivity contribution in [2.75, 3.05) is 5.32 Å². The zero-order valence-electron chi connectivity index (χ0n) is 11.3. The molecule has 19 heavy (non-hydrogen) atoms. The molecule has 0 aliphatic rings. The van der Waals surface area contributed by atoms with Crippen LogP contribution in [0.5, 0.6) is 0 Å². The molecule has 0 saturated carbocycles. The summed E-state index contributed by atoms with van der Waals surface area (Å²) in [6, 6.07) is 7.85. The van der Waals surface area contributed by atoms with Crippen molar-refractivity contribution < 1.29 is 4.79 Å². The first-order valence-electron chi connectivity index (χ1n) is 6.19. The Labute approximate surface area is 121 Å². The van der Waals surface area contributed by atoms with E-state index in [1.807, 2.05) is 45.0 Å². The predicted octanol–water partition coefficient (Wildman–Crippen LogP) is 4.37. The van der Waals surface area contributed by atoms with Crippen molar-refractivity contribution in [3.8, 4) is 0 Å². The zero-order valence-corrected chi connectivity index (χ0v) is 12.9. The monoisotopic (exact) mass is 320 g/mol. The van der Waals surface area contributed by atoms with E-state index in [0.717, 1.165) is 15.2 Å². The van der Waals surface area contributed by atoms with Crippen LogP contribution in [-0.2, 0) is 4.79 Å². The van der Waals surface area contributed by atoms with Gasteiger partial charge in [0, 0.05) is 22.5 Å². The number of aromatic nitrogens is 1. The second-order valence-corrected chi connectivity index (χ2v) is 6.73. The van der Waals surface area contributed by atoms with Crippen LogP contribution in [0, 0.1) is 5.41 Å². The van der Waals surface area contributed by atoms with Crippen molar-refractivity contribution in [2.24, 2.45) is 5.41 Å². The minimum atomic E-state index is -0.0301. The van der Waals surface area contributed by atoms with E-state index < -0.39 is 0 Å². The number of halogens is 1. The minimum Gasteiger partial charge on any atom is -0.310 e. The Kier molecular flexibility index (Phi) is 3.90. The Balaban J connectivity index is 2.28. The smallest absolute Gasteiger partial charge is 0.226 e. The van der Waals surface area contributed by atoms with E-state index in [9.17, 15) is 4.79 Å². The van der Waals surface area contributed by atoms with Crippen molar-refractivity contribution >= 4 is 38.4 Å². The number of fused-ring (bicyclic) bond motifs is 1. The van der Waals surface area contributed by atoms with Crippen LogP contribution in [0.15, 0.2) is 34.9 Å². The highest BCUT2D eigenvalue weighted by Gasteiger charge is 2.16. The van der Waals surface area contributed by atoms with Gasteiger partial charge in [-0.3, -0.25) is 4.79 Å². The van der Waals surface area contributed by atoms with Gasteiger partial charge in [-0.25, -0.2) is 4.98 Å². The van der Waals surface area contributed by atoms with E-state index in [1.165, 1.54) is 0 Å². The lowest BCUT2D eigenvalue weighted by Crippen LogP contribution is -2.20. The highest BCUT2D eigenvalue weighted by Crippen LogP contribution is 2.25. The number of carbonyl (C=O) groups excluding carboxylic acids is 1. The first-order chi connectivity index (χ1) is 8.85. The molecule has 0 saturated heterocycles. The van der Waals surface area contributed by atoms with Crippen molar-refractivity contribution in [1.29, 1.82) is 0 Å². The fourth-order valence-corrected chi connectivity index (χ4v) is 2.29. The van der Waals surface area contributed by atoms with Gasteiger partial charge in [-0.15, -0.1) is 0 Å². The molecule has 1 aromatic carbocycles. The Morgan fingerprint density at radius 3 is 2.74 bits per heavy atom. The first kappa shape index (κ1) is 14.0.